The number of nitrogens with zero attached hydrogens (tertiary/aromatic N) is 1. The van der Waals surface area contributed by atoms with E-state index >= 15 is 0 Å². The van der Waals surface area contributed by atoms with Gasteiger partial charge in [-0.25, -0.2) is 4.39 Å². The molecule has 0 spiro atoms. The van der Waals surface area contributed by atoms with Crippen molar-refractivity contribution in [3.8, 4) is 0 Å². The number of aliphatic hydroxyl groups is 4. The Morgan fingerprint density at radius 2 is 1.45 bits per heavy atom. The van der Waals surface area contributed by atoms with Gasteiger partial charge in [0.2, 0.25) is 5.91 Å². The second-order valence-electron chi connectivity index (χ2n) is 10.5. The molecule has 8 heteroatoms. The summed E-state index contributed by atoms with van der Waals surface area (Å²) in [6.45, 7) is -0.947. The summed E-state index contributed by atoms with van der Waals surface area (Å²) in [5, 5.41) is 38.0. The highest BCUT2D eigenvalue weighted by molar-refractivity contribution is 6.04. The lowest BCUT2D eigenvalue weighted by Gasteiger charge is -2.47. The van der Waals surface area contributed by atoms with Crippen LogP contribution in [0.4, 0.5) is 10.1 Å². The fourth-order valence-corrected chi connectivity index (χ4v) is 5.14. The second-order valence-corrected chi connectivity index (χ2v) is 10.5. The number of hydrogen-bond donors (Lipinski definition) is 4. The van der Waals surface area contributed by atoms with E-state index < -0.39 is 30.5 Å². The summed E-state index contributed by atoms with van der Waals surface area (Å²) in [6.07, 6.45) is 2.57. The molecule has 3 aromatic rings. The summed E-state index contributed by atoms with van der Waals surface area (Å²) in [5.74, 6) is -1.03. The molecular weight excluding hydrogens is 513 g/mol. The number of hydrogen-bond acceptors (Lipinski definition) is 6. The van der Waals surface area contributed by atoms with Crippen LogP contribution in [0.25, 0.3) is 0 Å². The van der Waals surface area contributed by atoms with Gasteiger partial charge in [0.15, 0.2) is 5.78 Å². The van der Waals surface area contributed by atoms with Crippen molar-refractivity contribution >= 4 is 17.4 Å². The number of ketones is 1. The largest absolute Gasteiger partial charge is 0.396 e. The topological polar surface area (TPSA) is 118 Å². The third-order valence-corrected chi connectivity index (χ3v) is 7.69. The van der Waals surface area contributed by atoms with Crippen LogP contribution in [0.3, 0.4) is 0 Å². The van der Waals surface area contributed by atoms with Gasteiger partial charge in [-0.3, -0.25) is 9.59 Å². The Kier molecular flexibility index (Phi) is 9.81. The van der Waals surface area contributed by atoms with Crippen LogP contribution in [0.2, 0.25) is 0 Å². The zero-order valence-electron chi connectivity index (χ0n) is 22.4. The maximum Gasteiger partial charge on any atom is 0.233 e. The van der Waals surface area contributed by atoms with E-state index in [1.807, 2.05) is 48.5 Å². The van der Waals surface area contributed by atoms with Crippen LogP contribution in [0, 0.1) is 11.7 Å². The highest BCUT2D eigenvalue weighted by Gasteiger charge is 2.48. The molecule has 4 rings (SSSR count). The Balaban J connectivity index is 1.52. The quantitative estimate of drug-likeness (QED) is 0.180. The van der Waals surface area contributed by atoms with Gasteiger partial charge in [0.05, 0.1) is 25.2 Å². The fraction of sp³-hybridized carbons (Fsp3) is 0.375. The molecule has 1 amide bonds. The van der Waals surface area contributed by atoms with Crippen molar-refractivity contribution in [3.63, 3.8) is 0 Å². The zero-order valence-corrected chi connectivity index (χ0v) is 22.4. The van der Waals surface area contributed by atoms with Crippen LogP contribution in [-0.2, 0) is 17.6 Å². The Morgan fingerprint density at radius 3 is 2.05 bits per heavy atom. The average Bonchev–Trinajstić information content (AvgIpc) is 2.98. The van der Waals surface area contributed by atoms with Gasteiger partial charge in [0.1, 0.15) is 11.4 Å². The molecule has 0 aliphatic carbocycles. The third kappa shape index (κ3) is 6.82. The van der Waals surface area contributed by atoms with Crippen molar-refractivity contribution in [2.45, 2.75) is 50.2 Å². The lowest BCUT2D eigenvalue weighted by molar-refractivity contribution is -0.130. The summed E-state index contributed by atoms with van der Waals surface area (Å²) in [6, 6.07) is 20.5. The lowest BCUT2D eigenvalue weighted by atomic mass is 9.78. The van der Waals surface area contributed by atoms with E-state index in [9.17, 15) is 29.3 Å². The fourth-order valence-electron chi connectivity index (χ4n) is 5.14. The molecule has 0 unspecified atom stereocenters. The maximum atomic E-state index is 13.4. The van der Waals surface area contributed by atoms with Gasteiger partial charge in [0, 0.05) is 24.3 Å². The van der Waals surface area contributed by atoms with E-state index in [-0.39, 0.29) is 37.2 Å². The molecule has 1 aliphatic rings. The molecular formula is C32H36FNO6. The Bertz CT molecular complexity index is 1270. The van der Waals surface area contributed by atoms with Crippen LogP contribution in [0.15, 0.2) is 72.8 Å². The normalized spacial score (nSPS) is 17.1. The minimum atomic E-state index is -1.54. The Morgan fingerprint density at radius 1 is 0.850 bits per heavy atom. The van der Waals surface area contributed by atoms with Crippen molar-refractivity contribution in [2.75, 3.05) is 24.7 Å². The molecule has 40 heavy (non-hydrogen) atoms. The first kappa shape index (κ1) is 29.6. The molecule has 0 aromatic heterocycles. The van der Waals surface area contributed by atoms with Crippen molar-refractivity contribution in [2.24, 2.45) is 5.92 Å². The molecule has 1 heterocycles. The average molecular weight is 550 g/mol. The van der Waals surface area contributed by atoms with Crippen LogP contribution in [0.5, 0.6) is 0 Å². The van der Waals surface area contributed by atoms with Gasteiger partial charge >= 0.3 is 0 Å². The number of anilines is 1. The summed E-state index contributed by atoms with van der Waals surface area (Å²) < 4.78 is 13.3. The van der Waals surface area contributed by atoms with Crippen molar-refractivity contribution in [1.29, 1.82) is 0 Å². The van der Waals surface area contributed by atoms with Gasteiger partial charge in [-0.15, -0.1) is 0 Å². The monoisotopic (exact) mass is 549 g/mol. The number of amides is 1. The Hall–Kier alpha value is -3.43. The van der Waals surface area contributed by atoms with Gasteiger partial charge in [-0.2, -0.15) is 0 Å². The first-order chi connectivity index (χ1) is 19.3. The molecule has 0 bridgehead atoms. The number of halogens is 1. The van der Waals surface area contributed by atoms with E-state index in [1.54, 1.807) is 4.90 Å². The van der Waals surface area contributed by atoms with Crippen LogP contribution >= 0.6 is 0 Å². The lowest BCUT2D eigenvalue weighted by Crippen LogP contribution is -2.55. The number of benzene rings is 3. The van der Waals surface area contributed by atoms with Crippen molar-refractivity contribution in [3.05, 3.63) is 101 Å². The number of aliphatic hydroxyl groups excluding tert-OH is 3. The van der Waals surface area contributed by atoms with Gasteiger partial charge in [-0.05, 0) is 85.2 Å². The van der Waals surface area contributed by atoms with E-state index in [0.717, 1.165) is 28.8 Å². The molecule has 0 radical (unpaired) electrons. The summed E-state index contributed by atoms with van der Waals surface area (Å²) in [7, 11) is 0. The van der Waals surface area contributed by atoms with Crippen LogP contribution in [0.1, 0.15) is 58.8 Å². The minimum absolute atomic E-state index is 0.0694. The number of β-lactam (4-membered cyclic amide) rings is 1. The molecule has 2 atom stereocenters. The van der Waals surface area contributed by atoms with E-state index in [1.165, 1.54) is 24.3 Å². The molecule has 1 fully saturated rings. The van der Waals surface area contributed by atoms with Gasteiger partial charge < -0.3 is 25.3 Å². The third-order valence-electron chi connectivity index (χ3n) is 7.69. The maximum absolute atomic E-state index is 13.4. The zero-order chi connectivity index (χ0) is 28.7. The predicted molar refractivity (Wildman–Crippen MR) is 149 cm³/mol. The van der Waals surface area contributed by atoms with Gasteiger partial charge in [0.25, 0.3) is 0 Å². The molecule has 7 nitrogen and oxygen atoms in total. The van der Waals surface area contributed by atoms with Crippen molar-refractivity contribution < 1.29 is 34.4 Å². The molecule has 1 aliphatic heterocycles. The number of carbonyl (C=O) groups is 2. The number of rotatable bonds is 14. The SMILES string of the molecule is O=C(CC[C@H]1C(=O)N(c2ccc(CCCO)cc2)[C@@H]1c1ccc(CCC(O)(CO)CO)cc1)c1ccc(F)cc1. The van der Waals surface area contributed by atoms with Crippen molar-refractivity contribution in [1.82, 2.24) is 0 Å². The molecule has 3 aromatic carbocycles. The second kappa shape index (κ2) is 13.3. The first-order valence-corrected chi connectivity index (χ1v) is 13.6. The molecule has 1 saturated heterocycles. The molecule has 212 valence electrons. The number of carbonyl (C=O) groups excluding carboxylic acids is 2. The van der Waals surface area contributed by atoms with Crippen LogP contribution < -0.4 is 4.90 Å². The van der Waals surface area contributed by atoms with E-state index in [4.69, 9.17) is 5.11 Å². The highest BCUT2D eigenvalue weighted by atomic mass is 19.1. The smallest absolute Gasteiger partial charge is 0.233 e. The van der Waals surface area contributed by atoms with E-state index in [2.05, 4.69) is 0 Å². The summed E-state index contributed by atoms with van der Waals surface area (Å²) in [4.78, 5) is 27.9. The minimum Gasteiger partial charge on any atom is -0.396 e. The summed E-state index contributed by atoms with van der Waals surface area (Å²) in [5.41, 5.74) is 2.52. The highest BCUT2D eigenvalue weighted by Crippen LogP contribution is 2.46. The first-order valence-electron chi connectivity index (χ1n) is 13.6. The van der Waals surface area contributed by atoms with Gasteiger partial charge in [-0.1, -0.05) is 36.4 Å². The Labute approximate surface area is 233 Å². The molecule has 4 N–H and O–H groups in total. The number of aryl methyl sites for hydroxylation is 2. The standard InChI is InChI=1S/C32H36FNO6/c33-26-11-9-24(10-12-26)29(38)16-15-28-30(25-7-3-23(4-8-25)17-18-32(40,20-36)21-37)34(31(28)39)27-13-5-22(6-14-27)2-1-19-35/h3-14,28,30,35-37,40H,1-2,15-21H2/t28-,30-/m1/s1. The molecule has 0 saturated carbocycles. The number of Topliss-reactive ketones (excluding diaryl/α,β-unsaturated/α-hetero) is 1. The predicted octanol–water partition coefficient (Wildman–Crippen LogP) is 3.77. The summed E-state index contributed by atoms with van der Waals surface area (Å²) >= 11 is 0. The van der Waals surface area contributed by atoms with E-state index in [0.29, 0.717) is 24.8 Å². The van der Waals surface area contributed by atoms with Crippen LogP contribution in [-0.4, -0.2) is 57.5 Å².